The maximum Gasteiger partial charge on any atom is 0.311 e. The number of nitrogens with zero attached hydrogens (tertiary/aromatic N) is 3. The van der Waals surface area contributed by atoms with Gasteiger partial charge >= 0.3 is 5.69 Å². The van der Waals surface area contributed by atoms with E-state index >= 15 is 0 Å². The molecule has 0 unspecified atom stereocenters. The molecule has 0 amide bonds. The van der Waals surface area contributed by atoms with E-state index in [1.165, 1.54) is 6.07 Å². The maximum atomic E-state index is 11.0. The number of hydrogen-bond donors (Lipinski definition) is 0. The zero-order valence-electron chi connectivity index (χ0n) is 11.5. The predicted molar refractivity (Wildman–Crippen MR) is 77.2 cm³/mol. The summed E-state index contributed by atoms with van der Waals surface area (Å²) in [6.07, 6.45) is 0. The molecule has 0 fully saturated rings. The molecule has 0 atom stereocenters. The van der Waals surface area contributed by atoms with Crippen molar-refractivity contribution in [2.45, 2.75) is 0 Å². The number of benzene rings is 1. The van der Waals surface area contributed by atoms with Gasteiger partial charge in [0.15, 0.2) is 0 Å². The number of nitro groups is 1. The van der Waals surface area contributed by atoms with E-state index in [0.29, 0.717) is 17.3 Å². The number of hydrogen-bond acceptors (Lipinski definition) is 5. The van der Waals surface area contributed by atoms with Crippen molar-refractivity contribution in [1.82, 2.24) is 4.98 Å². The second kappa shape index (κ2) is 5.56. The van der Waals surface area contributed by atoms with Crippen LogP contribution in [0.4, 0.5) is 11.5 Å². The molecule has 6 nitrogen and oxygen atoms in total. The fourth-order valence-corrected chi connectivity index (χ4v) is 1.86. The molecule has 104 valence electrons. The minimum Gasteiger partial charge on any atom is -0.497 e. The molecule has 20 heavy (non-hydrogen) atoms. The van der Waals surface area contributed by atoms with Gasteiger partial charge in [-0.1, -0.05) is 12.1 Å². The topological polar surface area (TPSA) is 68.5 Å². The van der Waals surface area contributed by atoms with Crippen LogP contribution >= 0.6 is 0 Å². The van der Waals surface area contributed by atoms with Crippen molar-refractivity contribution < 1.29 is 9.66 Å². The van der Waals surface area contributed by atoms with Gasteiger partial charge in [0.1, 0.15) is 5.75 Å². The van der Waals surface area contributed by atoms with Crippen LogP contribution in [0.3, 0.4) is 0 Å². The molecule has 1 aromatic carbocycles. The lowest BCUT2D eigenvalue weighted by molar-refractivity contribution is -0.384. The fraction of sp³-hybridized carbons (Fsp3) is 0.214. The van der Waals surface area contributed by atoms with Crippen LogP contribution in [0.1, 0.15) is 0 Å². The molecule has 0 spiro atoms. The molecular formula is C14H15N3O3. The summed E-state index contributed by atoms with van der Waals surface area (Å²) < 4.78 is 5.17. The number of rotatable bonds is 4. The Labute approximate surface area is 116 Å². The number of anilines is 1. The molecule has 0 aliphatic heterocycles. The summed E-state index contributed by atoms with van der Waals surface area (Å²) in [6, 6.07) is 10.5. The monoisotopic (exact) mass is 273 g/mol. The average molecular weight is 273 g/mol. The first-order chi connectivity index (χ1) is 9.52. The van der Waals surface area contributed by atoms with Crippen LogP contribution in [0.25, 0.3) is 11.3 Å². The molecule has 0 saturated carbocycles. The molecule has 0 aliphatic rings. The van der Waals surface area contributed by atoms with Gasteiger partial charge < -0.3 is 9.64 Å². The highest BCUT2D eigenvalue weighted by atomic mass is 16.6. The molecule has 0 N–H and O–H groups in total. The van der Waals surface area contributed by atoms with Crippen LogP contribution in [0, 0.1) is 10.1 Å². The first-order valence-corrected chi connectivity index (χ1v) is 6.00. The van der Waals surface area contributed by atoms with Gasteiger partial charge in [-0.3, -0.25) is 10.1 Å². The number of methoxy groups -OCH3 is 1. The number of aromatic nitrogens is 1. The molecule has 1 heterocycles. The third-order valence-electron chi connectivity index (χ3n) is 2.84. The zero-order valence-corrected chi connectivity index (χ0v) is 11.5. The molecule has 1 aromatic heterocycles. The Bertz CT molecular complexity index is 641. The smallest absolute Gasteiger partial charge is 0.311 e. The van der Waals surface area contributed by atoms with Crippen molar-refractivity contribution in [2.24, 2.45) is 0 Å². The van der Waals surface area contributed by atoms with E-state index in [1.807, 2.05) is 24.3 Å². The summed E-state index contributed by atoms with van der Waals surface area (Å²) in [4.78, 5) is 16.6. The van der Waals surface area contributed by atoms with E-state index in [4.69, 9.17) is 4.74 Å². The van der Waals surface area contributed by atoms with Crippen LogP contribution in [0.15, 0.2) is 36.4 Å². The van der Waals surface area contributed by atoms with Gasteiger partial charge in [0.25, 0.3) is 0 Å². The first kappa shape index (κ1) is 13.8. The lowest BCUT2D eigenvalue weighted by Crippen LogP contribution is -2.13. The van der Waals surface area contributed by atoms with E-state index in [2.05, 4.69) is 4.98 Å². The lowest BCUT2D eigenvalue weighted by Gasteiger charge is -2.13. The van der Waals surface area contributed by atoms with Crippen LogP contribution in [-0.2, 0) is 0 Å². The third-order valence-corrected chi connectivity index (χ3v) is 2.84. The van der Waals surface area contributed by atoms with Crippen molar-refractivity contribution in [2.75, 3.05) is 26.1 Å². The second-order valence-electron chi connectivity index (χ2n) is 4.42. The Morgan fingerprint density at radius 1 is 1.25 bits per heavy atom. The van der Waals surface area contributed by atoms with Gasteiger partial charge in [0.2, 0.25) is 5.82 Å². The summed E-state index contributed by atoms with van der Waals surface area (Å²) in [5.41, 5.74) is 1.50. The summed E-state index contributed by atoms with van der Waals surface area (Å²) >= 11 is 0. The van der Waals surface area contributed by atoms with E-state index in [-0.39, 0.29) is 5.69 Å². The molecule has 2 rings (SSSR count). The lowest BCUT2D eigenvalue weighted by atomic mass is 10.1. The van der Waals surface area contributed by atoms with E-state index in [9.17, 15) is 10.1 Å². The highest BCUT2D eigenvalue weighted by molar-refractivity contribution is 5.68. The Hall–Kier alpha value is -2.63. The van der Waals surface area contributed by atoms with Crippen molar-refractivity contribution in [3.8, 4) is 17.0 Å². The Morgan fingerprint density at radius 2 is 2.00 bits per heavy atom. The number of pyridine rings is 1. The Morgan fingerprint density at radius 3 is 2.60 bits per heavy atom. The molecule has 0 saturated heterocycles. The van der Waals surface area contributed by atoms with Gasteiger partial charge in [-0.15, -0.1) is 0 Å². The van der Waals surface area contributed by atoms with E-state index in [0.717, 1.165) is 5.56 Å². The van der Waals surface area contributed by atoms with Gasteiger partial charge in [0, 0.05) is 25.7 Å². The standard InChI is InChI=1S/C14H15N3O3/c1-16(2)14-13(17(18)19)8-7-12(15-14)10-5-4-6-11(9-10)20-3/h4-9H,1-3H3. The van der Waals surface area contributed by atoms with Crippen molar-refractivity contribution in [3.63, 3.8) is 0 Å². The van der Waals surface area contributed by atoms with Crippen molar-refractivity contribution in [3.05, 3.63) is 46.5 Å². The molecule has 0 aliphatic carbocycles. The second-order valence-corrected chi connectivity index (χ2v) is 4.42. The van der Waals surface area contributed by atoms with Gasteiger partial charge in [-0.2, -0.15) is 0 Å². The quantitative estimate of drug-likeness (QED) is 0.633. The third kappa shape index (κ3) is 2.69. The van der Waals surface area contributed by atoms with Crippen LogP contribution < -0.4 is 9.64 Å². The van der Waals surface area contributed by atoms with Crippen molar-refractivity contribution in [1.29, 1.82) is 0 Å². The SMILES string of the molecule is COc1cccc(-c2ccc([N+](=O)[O-])c(N(C)C)n2)c1. The Kier molecular flexibility index (Phi) is 3.84. The molecule has 2 aromatic rings. The first-order valence-electron chi connectivity index (χ1n) is 6.00. The van der Waals surface area contributed by atoms with Crippen LogP contribution in [-0.4, -0.2) is 31.1 Å². The minimum atomic E-state index is -0.433. The summed E-state index contributed by atoms with van der Waals surface area (Å²) in [5.74, 6) is 1.05. The Balaban J connectivity index is 2.52. The normalized spacial score (nSPS) is 10.2. The zero-order chi connectivity index (χ0) is 14.7. The summed E-state index contributed by atoms with van der Waals surface area (Å²) in [5, 5.41) is 11.0. The predicted octanol–water partition coefficient (Wildman–Crippen LogP) is 2.73. The molecular weight excluding hydrogens is 258 g/mol. The van der Waals surface area contributed by atoms with Crippen LogP contribution in [0.5, 0.6) is 5.75 Å². The number of ether oxygens (including phenoxy) is 1. The van der Waals surface area contributed by atoms with Gasteiger partial charge in [-0.25, -0.2) is 4.98 Å². The molecule has 6 heteroatoms. The highest BCUT2D eigenvalue weighted by Crippen LogP contribution is 2.29. The molecule has 0 bridgehead atoms. The van der Waals surface area contributed by atoms with Gasteiger partial charge in [0.05, 0.1) is 17.7 Å². The summed E-state index contributed by atoms with van der Waals surface area (Å²) in [6.45, 7) is 0. The van der Waals surface area contributed by atoms with Crippen LogP contribution in [0.2, 0.25) is 0 Å². The largest absolute Gasteiger partial charge is 0.497 e. The van der Waals surface area contributed by atoms with E-state index in [1.54, 1.807) is 32.2 Å². The van der Waals surface area contributed by atoms with Gasteiger partial charge in [-0.05, 0) is 18.2 Å². The average Bonchev–Trinajstić information content (AvgIpc) is 2.46. The maximum absolute atomic E-state index is 11.0. The fourth-order valence-electron chi connectivity index (χ4n) is 1.86. The highest BCUT2D eigenvalue weighted by Gasteiger charge is 2.18. The molecule has 0 radical (unpaired) electrons. The van der Waals surface area contributed by atoms with Crippen molar-refractivity contribution >= 4 is 11.5 Å². The van der Waals surface area contributed by atoms with E-state index < -0.39 is 4.92 Å². The minimum absolute atomic E-state index is 0.0124. The summed E-state index contributed by atoms with van der Waals surface area (Å²) in [7, 11) is 5.04.